The van der Waals surface area contributed by atoms with Crippen LogP contribution < -0.4 is 5.32 Å². The van der Waals surface area contributed by atoms with Gasteiger partial charge in [-0.05, 0) is 38.0 Å². The van der Waals surface area contributed by atoms with E-state index in [4.69, 9.17) is 11.6 Å². The van der Waals surface area contributed by atoms with Gasteiger partial charge in [0.05, 0.1) is 10.7 Å². The fourth-order valence-electron chi connectivity index (χ4n) is 1.55. The van der Waals surface area contributed by atoms with Gasteiger partial charge in [0.1, 0.15) is 0 Å². The van der Waals surface area contributed by atoms with E-state index in [0.29, 0.717) is 11.4 Å². The summed E-state index contributed by atoms with van der Waals surface area (Å²) < 4.78 is 36.8. The number of nitrogens with one attached hydrogen (secondary N) is 1. The van der Waals surface area contributed by atoms with Crippen LogP contribution in [0.1, 0.15) is 26.2 Å². The van der Waals surface area contributed by atoms with Gasteiger partial charge in [-0.25, -0.2) is 0 Å². The molecule has 0 saturated carbocycles. The van der Waals surface area contributed by atoms with Crippen LogP contribution in [0.25, 0.3) is 0 Å². The Morgan fingerprint density at radius 1 is 1.39 bits per heavy atom. The molecule has 1 atom stereocenters. The van der Waals surface area contributed by atoms with Crippen LogP contribution in [0.2, 0.25) is 5.02 Å². The number of anilines is 1. The van der Waals surface area contributed by atoms with Crippen molar-refractivity contribution in [2.24, 2.45) is 0 Å². The van der Waals surface area contributed by atoms with Crippen molar-refractivity contribution in [3.8, 4) is 0 Å². The maximum Gasteiger partial charge on any atom is 0.389 e. The van der Waals surface area contributed by atoms with E-state index >= 15 is 0 Å². The predicted octanol–water partition coefficient (Wildman–Crippen LogP) is 5.64. The van der Waals surface area contributed by atoms with E-state index in [2.05, 4.69) is 21.2 Å². The second kappa shape index (κ2) is 6.66. The number of halogens is 5. The highest BCUT2D eigenvalue weighted by Crippen LogP contribution is 2.27. The molecule has 1 aromatic rings. The van der Waals surface area contributed by atoms with Crippen LogP contribution in [0.4, 0.5) is 18.9 Å². The summed E-state index contributed by atoms with van der Waals surface area (Å²) in [5.74, 6) is 0. The minimum atomic E-state index is -4.07. The van der Waals surface area contributed by atoms with Crippen molar-refractivity contribution in [3.05, 3.63) is 27.7 Å². The molecule has 0 fully saturated rings. The second-order valence-corrected chi connectivity index (χ2v) is 5.50. The normalized spacial score (nSPS) is 13.4. The predicted molar refractivity (Wildman–Crippen MR) is 72.1 cm³/mol. The molecule has 1 aromatic carbocycles. The molecule has 6 heteroatoms. The zero-order chi connectivity index (χ0) is 13.8. The molecule has 0 bridgehead atoms. The smallest absolute Gasteiger partial charge is 0.381 e. The summed E-state index contributed by atoms with van der Waals surface area (Å²) in [5.41, 5.74) is 0.736. The van der Waals surface area contributed by atoms with Crippen LogP contribution in [-0.4, -0.2) is 12.2 Å². The minimum Gasteiger partial charge on any atom is -0.381 e. The molecule has 0 amide bonds. The molecule has 0 aromatic heterocycles. The first-order chi connectivity index (χ1) is 8.28. The van der Waals surface area contributed by atoms with Crippen molar-refractivity contribution in [2.45, 2.75) is 38.4 Å². The quantitative estimate of drug-likeness (QED) is 0.729. The zero-order valence-corrected chi connectivity index (χ0v) is 12.2. The molecule has 1 unspecified atom stereocenters. The minimum absolute atomic E-state index is 0.0500. The Balaban J connectivity index is 2.42. The molecule has 18 heavy (non-hydrogen) atoms. The summed E-state index contributed by atoms with van der Waals surface area (Å²) in [5, 5.41) is 3.65. The molecule has 0 aliphatic rings. The van der Waals surface area contributed by atoms with E-state index in [1.165, 1.54) is 0 Å². The lowest BCUT2D eigenvalue weighted by Gasteiger charge is -2.16. The average Bonchev–Trinajstić information content (AvgIpc) is 2.20. The van der Waals surface area contributed by atoms with E-state index in [0.717, 1.165) is 10.2 Å². The van der Waals surface area contributed by atoms with Crippen molar-refractivity contribution >= 4 is 33.2 Å². The second-order valence-electron chi connectivity index (χ2n) is 4.18. The first kappa shape index (κ1) is 15.6. The first-order valence-corrected chi connectivity index (χ1v) is 6.73. The Kier molecular flexibility index (Phi) is 5.79. The van der Waals surface area contributed by atoms with Gasteiger partial charge in [0.25, 0.3) is 0 Å². The topological polar surface area (TPSA) is 12.0 Å². The van der Waals surface area contributed by atoms with Crippen LogP contribution >= 0.6 is 27.5 Å². The van der Waals surface area contributed by atoms with Crippen molar-refractivity contribution in [1.82, 2.24) is 0 Å². The highest BCUT2D eigenvalue weighted by molar-refractivity contribution is 9.10. The lowest BCUT2D eigenvalue weighted by Crippen LogP contribution is -2.17. The SMILES string of the molecule is CC(CCCC(F)(F)F)Nc1ccc(Br)cc1Cl. The number of hydrogen-bond acceptors (Lipinski definition) is 1. The molecule has 0 saturated heterocycles. The third-order valence-electron chi connectivity index (χ3n) is 2.43. The van der Waals surface area contributed by atoms with Gasteiger partial charge in [-0.3, -0.25) is 0 Å². The Morgan fingerprint density at radius 3 is 2.61 bits per heavy atom. The average molecular weight is 345 g/mol. The zero-order valence-electron chi connectivity index (χ0n) is 9.82. The fourth-order valence-corrected chi connectivity index (χ4v) is 2.28. The molecule has 0 aliphatic heterocycles. The Hall–Kier alpha value is -0.420. The number of hydrogen-bond donors (Lipinski definition) is 1. The summed E-state index contributed by atoms with van der Waals surface area (Å²) in [6, 6.07) is 5.32. The van der Waals surface area contributed by atoms with Crippen molar-refractivity contribution in [1.29, 1.82) is 0 Å². The van der Waals surface area contributed by atoms with Crippen LogP contribution in [0.3, 0.4) is 0 Å². The van der Waals surface area contributed by atoms with E-state index in [9.17, 15) is 13.2 Å². The lowest BCUT2D eigenvalue weighted by molar-refractivity contribution is -0.135. The molecule has 0 spiro atoms. The third-order valence-corrected chi connectivity index (χ3v) is 3.24. The lowest BCUT2D eigenvalue weighted by atomic mass is 10.1. The van der Waals surface area contributed by atoms with Gasteiger partial charge in [-0.1, -0.05) is 27.5 Å². The monoisotopic (exact) mass is 343 g/mol. The maximum atomic E-state index is 12.0. The van der Waals surface area contributed by atoms with Crippen molar-refractivity contribution < 1.29 is 13.2 Å². The van der Waals surface area contributed by atoms with E-state index in [-0.39, 0.29) is 12.5 Å². The summed E-state index contributed by atoms with van der Waals surface area (Å²) in [6.07, 6.45) is -4.25. The van der Waals surface area contributed by atoms with Gasteiger partial charge in [-0.2, -0.15) is 13.2 Å². The molecule has 102 valence electrons. The van der Waals surface area contributed by atoms with E-state index in [1.807, 2.05) is 13.0 Å². The molecular formula is C12H14BrClF3N. The van der Waals surface area contributed by atoms with E-state index < -0.39 is 12.6 Å². The third kappa shape index (κ3) is 5.96. The van der Waals surface area contributed by atoms with Gasteiger partial charge in [0.15, 0.2) is 0 Å². The van der Waals surface area contributed by atoms with E-state index in [1.54, 1.807) is 12.1 Å². The van der Waals surface area contributed by atoms with Gasteiger partial charge >= 0.3 is 6.18 Å². The summed E-state index contributed by atoms with van der Waals surface area (Å²) in [4.78, 5) is 0. The first-order valence-electron chi connectivity index (χ1n) is 5.56. The molecule has 0 radical (unpaired) electrons. The van der Waals surface area contributed by atoms with Gasteiger partial charge < -0.3 is 5.32 Å². The van der Waals surface area contributed by atoms with Gasteiger partial charge in [0.2, 0.25) is 0 Å². The largest absolute Gasteiger partial charge is 0.389 e. The Morgan fingerprint density at radius 2 is 2.06 bits per heavy atom. The van der Waals surface area contributed by atoms with Crippen LogP contribution in [0, 0.1) is 0 Å². The molecule has 1 nitrogen and oxygen atoms in total. The Bertz CT molecular complexity index is 395. The number of benzene rings is 1. The summed E-state index contributed by atoms with van der Waals surface area (Å²) in [7, 11) is 0. The fraction of sp³-hybridized carbons (Fsp3) is 0.500. The standard InChI is InChI=1S/C12H14BrClF3N/c1-8(3-2-6-12(15,16)17)18-11-5-4-9(13)7-10(11)14/h4-5,7-8,18H,2-3,6H2,1H3. The van der Waals surface area contributed by atoms with Gasteiger partial charge in [-0.15, -0.1) is 0 Å². The molecule has 1 rings (SSSR count). The molecule has 0 heterocycles. The number of alkyl halides is 3. The maximum absolute atomic E-state index is 12.0. The van der Waals surface area contributed by atoms with Crippen molar-refractivity contribution in [2.75, 3.05) is 5.32 Å². The highest BCUT2D eigenvalue weighted by Gasteiger charge is 2.26. The number of rotatable bonds is 5. The van der Waals surface area contributed by atoms with Crippen molar-refractivity contribution in [3.63, 3.8) is 0 Å². The van der Waals surface area contributed by atoms with Crippen LogP contribution in [0.5, 0.6) is 0 Å². The van der Waals surface area contributed by atoms with Crippen LogP contribution in [-0.2, 0) is 0 Å². The summed E-state index contributed by atoms with van der Waals surface area (Å²) >= 11 is 9.30. The molecular weight excluding hydrogens is 330 g/mol. The van der Waals surface area contributed by atoms with Crippen LogP contribution in [0.15, 0.2) is 22.7 Å². The highest BCUT2D eigenvalue weighted by atomic mass is 79.9. The Labute approximate surface area is 118 Å². The molecule has 1 N–H and O–H groups in total. The molecule has 0 aliphatic carbocycles. The van der Waals surface area contributed by atoms with Gasteiger partial charge in [0, 0.05) is 16.9 Å². The summed E-state index contributed by atoms with van der Waals surface area (Å²) in [6.45, 7) is 1.84.